The Kier molecular flexibility index (Phi) is 5.86. The van der Waals surface area contributed by atoms with Gasteiger partial charge in [0.1, 0.15) is 11.4 Å². The number of carbonyl (C=O) groups is 1. The van der Waals surface area contributed by atoms with E-state index >= 15 is 0 Å². The zero-order valence-corrected chi connectivity index (χ0v) is 13.4. The fourth-order valence-electron chi connectivity index (χ4n) is 2.24. The van der Waals surface area contributed by atoms with E-state index in [0.717, 1.165) is 5.69 Å². The molecule has 1 heterocycles. The predicted molar refractivity (Wildman–Crippen MR) is 83.0 cm³/mol. The Morgan fingerprint density at radius 3 is 2.62 bits per heavy atom. The maximum atomic E-state index is 12.2. The molecule has 0 spiro atoms. The average Bonchev–Trinajstić information content (AvgIpc) is 2.93. The quantitative estimate of drug-likeness (QED) is 0.811. The third-order valence-corrected chi connectivity index (χ3v) is 3.38. The van der Waals surface area contributed by atoms with Gasteiger partial charge in [0, 0.05) is 13.1 Å². The summed E-state index contributed by atoms with van der Waals surface area (Å²) in [5, 5.41) is 16.9. The van der Waals surface area contributed by atoms with E-state index in [1.807, 2.05) is 6.92 Å². The zero-order valence-electron chi connectivity index (χ0n) is 13.4. The van der Waals surface area contributed by atoms with Crippen LogP contribution in [0.25, 0.3) is 0 Å². The molecule has 1 aromatic heterocycles. The normalized spacial score (nSPS) is 12.2. The first-order valence-electron chi connectivity index (χ1n) is 7.46. The number of hydrogen-bond donors (Lipinski definition) is 2. The van der Waals surface area contributed by atoms with Gasteiger partial charge in [0.05, 0.1) is 11.8 Å². The van der Waals surface area contributed by atoms with Crippen LogP contribution in [-0.2, 0) is 6.54 Å². The second-order valence-corrected chi connectivity index (χ2v) is 5.16. The standard InChI is InChI=1S/C16H19F2N3O3/c1-3-21-13(8-10(2)20-21)15(23)19-9-14(22)11-4-6-12(7-5-11)24-16(17)18/h4-8,14,16,22H,3,9H2,1-2H3,(H,19,23)/t14-/m0/s1. The van der Waals surface area contributed by atoms with Crippen molar-refractivity contribution < 1.29 is 23.4 Å². The Balaban J connectivity index is 1.94. The van der Waals surface area contributed by atoms with Crippen molar-refractivity contribution in [1.29, 1.82) is 0 Å². The number of hydrogen-bond acceptors (Lipinski definition) is 4. The Labute approximate surface area is 138 Å². The Hall–Kier alpha value is -2.48. The lowest BCUT2D eigenvalue weighted by Gasteiger charge is -2.13. The monoisotopic (exact) mass is 339 g/mol. The van der Waals surface area contributed by atoms with Crippen LogP contribution in [0, 0.1) is 6.92 Å². The fourth-order valence-corrected chi connectivity index (χ4v) is 2.24. The van der Waals surface area contributed by atoms with Crippen LogP contribution in [0.15, 0.2) is 30.3 Å². The van der Waals surface area contributed by atoms with Crippen molar-refractivity contribution in [3.63, 3.8) is 0 Å². The number of amides is 1. The summed E-state index contributed by atoms with van der Waals surface area (Å²) in [6.07, 6.45) is -0.964. The molecule has 1 amide bonds. The molecule has 0 radical (unpaired) electrons. The SMILES string of the molecule is CCn1nc(C)cc1C(=O)NC[C@H](O)c1ccc(OC(F)F)cc1. The highest BCUT2D eigenvalue weighted by Gasteiger charge is 2.15. The van der Waals surface area contributed by atoms with Gasteiger partial charge in [0.15, 0.2) is 0 Å². The second-order valence-electron chi connectivity index (χ2n) is 5.16. The maximum Gasteiger partial charge on any atom is 0.387 e. The Morgan fingerprint density at radius 1 is 1.38 bits per heavy atom. The van der Waals surface area contributed by atoms with Crippen LogP contribution in [0.4, 0.5) is 8.78 Å². The van der Waals surface area contributed by atoms with Crippen LogP contribution < -0.4 is 10.1 Å². The maximum absolute atomic E-state index is 12.2. The van der Waals surface area contributed by atoms with Crippen LogP contribution in [0.2, 0.25) is 0 Å². The van der Waals surface area contributed by atoms with Gasteiger partial charge in [-0.05, 0) is 37.6 Å². The first-order chi connectivity index (χ1) is 11.4. The molecule has 0 aliphatic rings. The molecule has 2 N–H and O–H groups in total. The lowest BCUT2D eigenvalue weighted by Crippen LogP contribution is -2.30. The van der Waals surface area contributed by atoms with Gasteiger partial charge in [-0.15, -0.1) is 0 Å². The number of aromatic nitrogens is 2. The highest BCUT2D eigenvalue weighted by atomic mass is 19.3. The van der Waals surface area contributed by atoms with Gasteiger partial charge in [-0.3, -0.25) is 9.48 Å². The number of aryl methyl sites for hydroxylation is 2. The second kappa shape index (κ2) is 7.87. The van der Waals surface area contributed by atoms with Crippen molar-refractivity contribution in [2.45, 2.75) is 33.1 Å². The van der Waals surface area contributed by atoms with Crippen LogP contribution in [-0.4, -0.2) is 34.0 Å². The molecule has 0 saturated carbocycles. The van der Waals surface area contributed by atoms with Crippen LogP contribution in [0.5, 0.6) is 5.75 Å². The first-order valence-corrected chi connectivity index (χ1v) is 7.46. The fraction of sp³-hybridized carbons (Fsp3) is 0.375. The minimum Gasteiger partial charge on any atom is -0.435 e. The lowest BCUT2D eigenvalue weighted by molar-refractivity contribution is -0.0498. The molecule has 130 valence electrons. The van der Waals surface area contributed by atoms with Crippen molar-refractivity contribution >= 4 is 5.91 Å². The van der Waals surface area contributed by atoms with E-state index in [1.165, 1.54) is 24.3 Å². The van der Waals surface area contributed by atoms with E-state index in [9.17, 15) is 18.7 Å². The zero-order chi connectivity index (χ0) is 17.7. The molecule has 0 saturated heterocycles. The van der Waals surface area contributed by atoms with Crippen LogP contribution in [0.3, 0.4) is 0 Å². The van der Waals surface area contributed by atoms with Gasteiger partial charge in [-0.1, -0.05) is 12.1 Å². The largest absolute Gasteiger partial charge is 0.435 e. The number of rotatable bonds is 7. The van der Waals surface area contributed by atoms with Gasteiger partial charge in [0.2, 0.25) is 0 Å². The van der Waals surface area contributed by atoms with Crippen molar-refractivity contribution in [3.05, 3.63) is 47.3 Å². The van der Waals surface area contributed by atoms with Crippen LogP contribution >= 0.6 is 0 Å². The topological polar surface area (TPSA) is 76.4 Å². The Morgan fingerprint density at radius 2 is 2.04 bits per heavy atom. The molecule has 8 heteroatoms. The Bertz CT molecular complexity index is 686. The number of nitrogens with zero attached hydrogens (tertiary/aromatic N) is 2. The number of aliphatic hydroxyl groups is 1. The van der Waals surface area contributed by atoms with E-state index in [4.69, 9.17) is 0 Å². The molecule has 2 aromatic rings. The smallest absolute Gasteiger partial charge is 0.387 e. The lowest BCUT2D eigenvalue weighted by atomic mass is 10.1. The summed E-state index contributed by atoms with van der Waals surface area (Å²) in [5.74, 6) is -0.332. The van der Waals surface area contributed by atoms with E-state index < -0.39 is 12.7 Å². The van der Waals surface area contributed by atoms with E-state index in [-0.39, 0.29) is 18.2 Å². The summed E-state index contributed by atoms with van der Waals surface area (Å²) < 4.78 is 30.0. The number of carbonyl (C=O) groups excluding carboxylic acids is 1. The molecule has 1 aromatic carbocycles. The van der Waals surface area contributed by atoms with Gasteiger partial charge < -0.3 is 15.2 Å². The summed E-state index contributed by atoms with van der Waals surface area (Å²) in [4.78, 5) is 12.2. The molecule has 0 unspecified atom stereocenters. The van der Waals surface area contributed by atoms with Gasteiger partial charge in [-0.2, -0.15) is 13.9 Å². The number of nitrogens with one attached hydrogen (secondary N) is 1. The molecular weight excluding hydrogens is 320 g/mol. The van der Waals surface area contributed by atoms with Crippen molar-refractivity contribution in [2.24, 2.45) is 0 Å². The highest BCUT2D eigenvalue weighted by molar-refractivity contribution is 5.92. The number of aliphatic hydroxyl groups excluding tert-OH is 1. The van der Waals surface area contributed by atoms with Gasteiger partial charge >= 0.3 is 6.61 Å². The first kappa shape index (κ1) is 17.9. The number of halogens is 2. The summed E-state index contributed by atoms with van der Waals surface area (Å²) in [6, 6.07) is 7.27. The molecule has 0 aliphatic heterocycles. The van der Waals surface area contributed by atoms with Crippen molar-refractivity contribution in [1.82, 2.24) is 15.1 Å². The van der Waals surface area contributed by atoms with Gasteiger partial charge in [0.25, 0.3) is 5.91 Å². The van der Waals surface area contributed by atoms with Gasteiger partial charge in [-0.25, -0.2) is 0 Å². The molecule has 24 heavy (non-hydrogen) atoms. The highest BCUT2D eigenvalue weighted by Crippen LogP contribution is 2.19. The van der Waals surface area contributed by atoms with E-state index in [1.54, 1.807) is 17.7 Å². The molecule has 6 nitrogen and oxygen atoms in total. The number of benzene rings is 1. The minimum atomic E-state index is -2.90. The molecule has 0 bridgehead atoms. The number of alkyl halides is 2. The minimum absolute atomic E-state index is 0.00677. The van der Waals surface area contributed by atoms with Crippen LogP contribution in [0.1, 0.15) is 34.8 Å². The van der Waals surface area contributed by atoms with Crippen molar-refractivity contribution in [3.8, 4) is 5.75 Å². The molecular formula is C16H19F2N3O3. The third-order valence-electron chi connectivity index (χ3n) is 3.38. The van der Waals surface area contributed by atoms with Crippen molar-refractivity contribution in [2.75, 3.05) is 6.54 Å². The summed E-state index contributed by atoms with van der Waals surface area (Å²) in [7, 11) is 0. The predicted octanol–water partition coefficient (Wildman–Crippen LogP) is 2.28. The summed E-state index contributed by atoms with van der Waals surface area (Å²) in [5.41, 5.74) is 1.64. The molecule has 2 rings (SSSR count). The van der Waals surface area contributed by atoms with E-state index in [0.29, 0.717) is 17.8 Å². The van der Waals surface area contributed by atoms with E-state index in [2.05, 4.69) is 15.2 Å². The molecule has 0 fully saturated rings. The third kappa shape index (κ3) is 4.51. The molecule has 0 aliphatic carbocycles. The summed E-state index contributed by atoms with van der Waals surface area (Å²) >= 11 is 0. The summed E-state index contributed by atoms with van der Waals surface area (Å²) in [6.45, 7) is 1.32. The number of ether oxygens (including phenoxy) is 1. The molecule has 1 atom stereocenters. The average molecular weight is 339 g/mol.